The summed E-state index contributed by atoms with van der Waals surface area (Å²) in [4.78, 5) is 2.26. The highest BCUT2D eigenvalue weighted by Crippen LogP contribution is 2.39. The lowest BCUT2D eigenvalue weighted by atomic mass is 9.71. The van der Waals surface area contributed by atoms with Gasteiger partial charge in [0.05, 0.1) is 0 Å². The summed E-state index contributed by atoms with van der Waals surface area (Å²) in [6.07, 6.45) is 7.56. The predicted molar refractivity (Wildman–Crippen MR) is 84.3 cm³/mol. The molecule has 19 heavy (non-hydrogen) atoms. The van der Waals surface area contributed by atoms with E-state index in [0.717, 1.165) is 5.92 Å². The van der Waals surface area contributed by atoms with E-state index >= 15 is 0 Å². The second-order valence-corrected chi connectivity index (χ2v) is 6.87. The zero-order valence-corrected chi connectivity index (χ0v) is 12.8. The molecule has 0 radical (unpaired) electrons. The first-order valence-corrected chi connectivity index (χ1v) is 7.44. The van der Waals surface area contributed by atoms with E-state index in [4.69, 9.17) is 0 Å². The van der Waals surface area contributed by atoms with Gasteiger partial charge in [0.25, 0.3) is 0 Å². The van der Waals surface area contributed by atoms with Gasteiger partial charge in [0.15, 0.2) is 0 Å². The van der Waals surface area contributed by atoms with Crippen LogP contribution in [0.5, 0.6) is 0 Å². The maximum absolute atomic E-state index is 2.38. The first-order chi connectivity index (χ1) is 8.97. The molecule has 0 aromatic heterocycles. The first kappa shape index (κ1) is 14.2. The van der Waals surface area contributed by atoms with Crippen LogP contribution in [0, 0.1) is 11.3 Å². The van der Waals surface area contributed by atoms with Gasteiger partial charge in [-0.3, -0.25) is 0 Å². The van der Waals surface area contributed by atoms with Crippen LogP contribution in [0.25, 0.3) is 0 Å². The van der Waals surface area contributed by atoms with Gasteiger partial charge in [-0.2, -0.15) is 0 Å². The molecule has 1 nitrogen and oxygen atoms in total. The van der Waals surface area contributed by atoms with Gasteiger partial charge in [0.1, 0.15) is 0 Å². The van der Waals surface area contributed by atoms with Crippen molar-refractivity contribution in [3.8, 4) is 0 Å². The van der Waals surface area contributed by atoms with Crippen LogP contribution >= 0.6 is 0 Å². The van der Waals surface area contributed by atoms with Gasteiger partial charge in [-0.15, -0.1) is 0 Å². The molecule has 1 aliphatic carbocycles. The number of nitrogens with zero attached hydrogens (tertiary/aromatic N) is 1. The number of para-hydroxylation sites is 1. The molecule has 0 heterocycles. The topological polar surface area (TPSA) is 3.24 Å². The largest absolute Gasteiger partial charge is 0.351 e. The second kappa shape index (κ2) is 5.81. The Bertz CT molecular complexity index is 415. The summed E-state index contributed by atoms with van der Waals surface area (Å²) in [7, 11) is 2.15. The summed E-state index contributed by atoms with van der Waals surface area (Å²) in [5.41, 5.74) is 3.34. The molecule has 1 fully saturated rings. The fraction of sp³-hybridized carbons (Fsp3) is 0.556. The monoisotopic (exact) mass is 257 g/mol. The number of hydrogen-bond acceptors (Lipinski definition) is 1. The van der Waals surface area contributed by atoms with Crippen molar-refractivity contribution >= 4 is 5.69 Å². The number of allylic oxidation sites excluding steroid dienone is 1. The highest BCUT2D eigenvalue weighted by molar-refractivity contribution is 5.48. The average molecular weight is 257 g/mol. The third kappa shape index (κ3) is 3.86. The summed E-state index contributed by atoms with van der Waals surface area (Å²) in [6, 6.07) is 10.6. The molecule has 0 bridgehead atoms. The van der Waals surface area contributed by atoms with Crippen LogP contribution in [-0.2, 0) is 0 Å². The van der Waals surface area contributed by atoms with Gasteiger partial charge in [-0.05, 0) is 49.1 Å². The predicted octanol–water partition coefficient (Wildman–Crippen LogP) is 5.24. The van der Waals surface area contributed by atoms with Crippen molar-refractivity contribution in [1.29, 1.82) is 0 Å². The van der Waals surface area contributed by atoms with Crippen LogP contribution in [-0.4, -0.2) is 7.05 Å². The highest BCUT2D eigenvalue weighted by atomic mass is 15.1. The van der Waals surface area contributed by atoms with Gasteiger partial charge in [-0.1, -0.05) is 44.5 Å². The van der Waals surface area contributed by atoms with E-state index < -0.39 is 0 Å². The summed E-state index contributed by atoms with van der Waals surface area (Å²) in [5, 5.41) is 0. The molecule has 2 rings (SSSR count). The van der Waals surface area contributed by atoms with E-state index in [1.54, 1.807) is 5.57 Å². The van der Waals surface area contributed by atoms with E-state index in [1.165, 1.54) is 31.4 Å². The van der Waals surface area contributed by atoms with Gasteiger partial charge >= 0.3 is 0 Å². The average Bonchev–Trinajstić information content (AvgIpc) is 2.39. The number of benzene rings is 1. The van der Waals surface area contributed by atoms with Crippen molar-refractivity contribution in [3.63, 3.8) is 0 Å². The zero-order valence-electron chi connectivity index (χ0n) is 12.8. The number of hydrogen-bond donors (Lipinski definition) is 0. The Morgan fingerprint density at radius 1 is 1.05 bits per heavy atom. The highest BCUT2D eigenvalue weighted by Gasteiger charge is 2.27. The van der Waals surface area contributed by atoms with Crippen molar-refractivity contribution < 1.29 is 0 Å². The van der Waals surface area contributed by atoms with Gasteiger partial charge in [0, 0.05) is 18.9 Å². The molecule has 0 amide bonds. The molecule has 1 saturated carbocycles. The van der Waals surface area contributed by atoms with Gasteiger partial charge < -0.3 is 4.90 Å². The van der Waals surface area contributed by atoms with Crippen LogP contribution in [0.3, 0.4) is 0 Å². The van der Waals surface area contributed by atoms with Crippen molar-refractivity contribution in [3.05, 3.63) is 42.1 Å². The smallest absolute Gasteiger partial charge is 0.0403 e. The summed E-state index contributed by atoms with van der Waals surface area (Å²) in [5.74, 6) is 0.881. The van der Waals surface area contributed by atoms with Crippen molar-refractivity contribution in [2.45, 2.75) is 46.5 Å². The SMILES string of the molecule is CN(C=C1CCC(C(C)(C)C)CC1)c1ccccc1. The Hall–Kier alpha value is -1.24. The minimum Gasteiger partial charge on any atom is -0.351 e. The van der Waals surface area contributed by atoms with Crippen molar-refractivity contribution in [2.24, 2.45) is 11.3 Å². The van der Waals surface area contributed by atoms with Crippen molar-refractivity contribution in [1.82, 2.24) is 0 Å². The minimum atomic E-state index is 0.469. The molecular weight excluding hydrogens is 230 g/mol. The maximum Gasteiger partial charge on any atom is 0.0403 e. The second-order valence-electron chi connectivity index (χ2n) is 6.87. The Morgan fingerprint density at radius 3 is 2.16 bits per heavy atom. The summed E-state index contributed by atoms with van der Waals surface area (Å²) in [6.45, 7) is 7.13. The molecule has 0 aliphatic heterocycles. The zero-order chi connectivity index (χ0) is 13.9. The van der Waals surface area contributed by atoms with Crippen LogP contribution in [0.2, 0.25) is 0 Å². The third-order valence-corrected chi connectivity index (χ3v) is 4.39. The molecule has 0 N–H and O–H groups in total. The van der Waals surface area contributed by atoms with Crippen LogP contribution in [0.4, 0.5) is 5.69 Å². The normalized spacial score (nSPS) is 20.2. The van der Waals surface area contributed by atoms with E-state index in [9.17, 15) is 0 Å². The molecule has 1 aliphatic rings. The van der Waals surface area contributed by atoms with E-state index in [-0.39, 0.29) is 0 Å². The van der Waals surface area contributed by atoms with Crippen molar-refractivity contribution in [2.75, 3.05) is 11.9 Å². The molecule has 104 valence electrons. The molecular formula is C18H27N. The lowest BCUT2D eigenvalue weighted by Gasteiger charge is -2.35. The van der Waals surface area contributed by atoms with Gasteiger partial charge in [0.2, 0.25) is 0 Å². The first-order valence-electron chi connectivity index (χ1n) is 7.44. The lowest BCUT2D eigenvalue weighted by molar-refractivity contribution is 0.197. The van der Waals surface area contributed by atoms with E-state index in [2.05, 4.69) is 69.3 Å². The quantitative estimate of drug-likeness (QED) is 0.700. The molecule has 0 saturated heterocycles. The molecule has 1 aromatic rings. The van der Waals surface area contributed by atoms with Crippen LogP contribution in [0.15, 0.2) is 42.1 Å². The summed E-state index contributed by atoms with van der Waals surface area (Å²) < 4.78 is 0. The fourth-order valence-electron chi connectivity index (χ4n) is 3.00. The summed E-state index contributed by atoms with van der Waals surface area (Å²) >= 11 is 0. The fourth-order valence-corrected chi connectivity index (χ4v) is 3.00. The van der Waals surface area contributed by atoms with E-state index in [1.807, 2.05) is 0 Å². The van der Waals surface area contributed by atoms with Crippen LogP contribution < -0.4 is 4.90 Å². The molecule has 1 aromatic carbocycles. The number of rotatable bonds is 2. The Labute approximate surface area is 118 Å². The third-order valence-electron chi connectivity index (χ3n) is 4.39. The lowest BCUT2D eigenvalue weighted by Crippen LogP contribution is -2.24. The minimum absolute atomic E-state index is 0.469. The molecule has 0 spiro atoms. The van der Waals surface area contributed by atoms with Crippen LogP contribution in [0.1, 0.15) is 46.5 Å². The Kier molecular flexibility index (Phi) is 4.34. The van der Waals surface area contributed by atoms with E-state index in [0.29, 0.717) is 5.41 Å². The molecule has 1 heteroatoms. The Morgan fingerprint density at radius 2 is 1.63 bits per heavy atom. The number of anilines is 1. The maximum atomic E-state index is 2.38. The molecule has 0 unspecified atom stereocenters. The van der Waals surface area contributed by atoms with Gasteiger partial charge in [-0.25, -0.2) is 0 Å². The Balaban J connectivity index is 1.96. The molecule has 0 atom stereocenters. The standard InChI is InChI=1S/C18H27N/c1-18(2,3)16-12-10-15(11-13-16)14-19(4)17-8-6-5-7-9-17/h5-9,14,16H,10-13H2,1-4H3.